The number of para-hydroxylation sites is 1. The van der Waals surface area contributed by atoms with E-state index in [0.29, 0.717) is 0 Å². The van der Waals surface area contributed by atoms with Gasteiger partial charge in [0, 0.05) is 17.5 Å². The van der Waals surface area contributed by atoms with E-state index in [-0.39, 0.29) is 12.3 Å². The quantitative estimate of drug-likeness (QED) is 0.711. The minimum Gasteiger partial charge on any atom is -0.452 e. The van der Waals surface area contributed by atoms with Gasteiger partial charge in [-0.15, -0.1) is 11.3 Å². The highest BCUT2D eigenvalue weighted by molar-refractivity contribution is 7.10. The first-order valence-corrected chi connectivity index (χ1v) is 9.53. The second-order valence-corrected chi connectivity index (χ2v) is 7.34. The van der Waals surface area contributed by atoms with E-state index in [4.69, 9.17) is 4.74 Å². The van der Waals surface area contributed by atoms with Crippen molar-refractivity contribution >= 4 is 34.8 Å². The predicted octanol–water partition coefficient (Wildman–Crippen LogP) is 3.50. The largest absolute Gasteiger partial charge is 0.452 e. The maximum absolute atomic E-state index is 12.4. The van der Waals surface area contributed by atoms with E-state index in [2.05, 4.69) is 10.6 Å². The van der Waals surface area contributed by atoms with Crippen LogP contribution >= 0.6 is 11.3 Å². The first-order valence-electron chi connectivity index (χ1n) is 8.65. The molecule has 27 heavy (non-hydrogen) atoms. The van der Waals surface area contributed by atoms with Gasteiger partial charge in [0.05, 0.1) is 12.5 Å². The fraction of sp³-hybridized carbons (Fsp3) is 0.350. The van der Waals surface area contributed by atoms with Gasteiger partial charge in [0.2, 0.25) is 5.91 Å². The number of thiophene rings is 1. The van der Waals surface area contributed by atoms with Gasteiger partial charge in [0.25, 0.3) is 5.91 Å². The molecule has 144 valence electrons. The zero-order chi connectivity index (χ0) is 20.0. The van der Waals surface area contributed by atoms with Crippen LogP contribution in [0, 0.1) is 13.8 Å². The highest BCUT2D eigenvalue weighted by Gasteiger charge is 2.23. The number of esters is 1. The van der Waals surface area contributed by atoms with Gasteiger partial charge in [-0.05, 0) is 43.3 Å². The summed E-state index contributed by atoms with van der Waals surface area (Å²) in [6.07, 6.45) is -0.987. The third-order valence-electron chi connectivity index (χ3n) is 4.04. The van der Waals surface area contributed by atoms with Crippen LogP contribution in [0.4, 0.5) is 5.69 Å². The summed E-state index contributed by atoms with van der Waals surface area (Å²) in [5, 5.41) is 7.42. The number of carbonyl (C=O) groups excluding carboxylic acids is 3. The van der Waals surface area contributed by atoms with Crippen molar-refractivity contribution in [3.63, 3.8) is 0 Å². The molecule has 2 atom stereocenters. The summed E-state index contributed by atoms with van der Waals surface area (Å²) in [4.78, 5) is 36.9. The summed E-state index contributed by atoms with van der Waals surface area (Å²) in [5.74, 6) is -1.18. The molecule has 2 unspecified atom stereocenters. The molecule has 7 heteroatoms. The molecule has 2 N–H and O–H groups in total. The van der Waals surface area contributed by atoms with Crippen LogP contribution in [0.2, 0.25) is 0 Å². The van der Waals surface area contributed by atoms with Crippen molar-refractivity contribution in [1.29, 1.82) is 0 Å². The van der Waals surface area contributed by atoms with E-state index < -0.39 is 24.0 Å². The van der Waals surface area contributed by atoms with E-state index in [1.807, 2.05) is 49.6 Å². The Morgan fingerprint density at radius 3 is 2.33 bits per heavy atom. The Morgan fingerprint density at radius 1 is 1.11 bits per heavy atom. The standard InChI is InChI=1S/C20H24N2O4S/c1-12-7-5-8-13(2)19(12)22-20(25)14(3)26-18(24)11-16(21-15(4)23)17-9-6-10-27-17/h5-10,14,16H,11H2,1-4H3,(H,21,23)(H,22,25). The Balaban J connectivity index is 1.97. The molecule has 1 aromatic carbocycles. The Morgan fingerprint density at radius 2 is 1.78 bits per heavy atom. The van der Waals surface area contributed by atoms with Crippen LogP contribution in [-0.2, 0) is 19.1 Å². The molecule has 2 aromatic rings. The van der Waals surface area contributed by atoms with E-state index in [0.717, 1.165) is 21.7 Å². The molecule has 0 bridgehead atoms. The summed E-state index contributed by atoms with van der Waals surface area (Å²) in [6, 6.07) is 8.94. The summed E-state index contributed by atoms with van der Waals surface area (Å²) < 4.78 is 5.28. The van der Waals surface area contributed by atoms with Gasteiger partial charge in [0.1, 0.15) is 0 Å². The van der Waals surface area contributed by atoms with Gasteiger partial charge >= 0.3 is 5.97 Å². The molecule has 6 nitrogen and oxygen atoms in total. The molecule has 0 fully saturated rings. The molecule has 0 aliphatic heterocycles. The van der Waals surface area contributed by atoms with E-state index in [1.54, 1.807) is 0 Å². The van der Waals surface area contributed by atoms with Crippen LogP contribution in [0.5, 0.6) is 0 Å². The highest BCUT2D eigenvalue weighted by Crippen LogP contribution is 2.23. The summed E-state index contributed by atoms with van der Waals surface area (Å²) >= 11 is 1.44. The predicted molar refractivity (Wildman–Crippen MR) is 106 cm³/mol. The highest BCUT2D eigenvalue weighted by atomic mass is 32.1. The van der Waals surface area contributed by atoms with Crippen molar-refractivity contribution in [2.24, 2.45) is 0 Å². The Hall–Kier alpha value is -2.67. The third-order valence-corrected chi connectivity index (χ3v) is 5.03. The lowest BCUT2D eigenvalue weighted by Gasteiger charge is -2.19. The molecular formula is C20H24N2O4S. The lowest BCUT2D eigenvalue weighted by molar-refractivity contribution is -0.153. The lowest BCUT2D eigenvalue weighted by atomic mass is 10.1. The zero-order valence-corrected chi connectivity index (χ0v) is 16.7. The van der Waals surface area contributed by atoms with Crippen LogP contribution in [0.3, 0.4) is 0 Å². The molecule has 0 saturated carbocycles. The second-order valence-electron chi connectivity index (χ2n) is 6.36. The summed E-state index contributed by atoms with van der Waals surface area (Å²) in [6.45, 7) is 6.72. The van der Waals surface area contributed by atoms with Gasteiger partial charge < -0.3 is 15.4 Å². The molecule has 0 spiro atoms. The molecule has 1 heterocycles. The van der Waals surface area contributed by atoms with Crippen molar-refractivity contribution in [1.82, 2.24) is 5.32 Å². The number of anilines is 1. The van der Waals surface area contributed by atoms with Crippen LogP contribution in [0.25, 0.3) is 0 Å². The fourth-order valence-electron chi connectivity index (χ4n) is 2.66. The number of nitrogens with one attached hydrogen (secondary N) is 2. The van der Waals surface area contributed by atoms with Crippen molar-refractivity contribution in [2.45, 2.75) is 46.3 Å². The van der Waals surface area contributed by atoms with Gasteiger partial charge in [-0.1, -0.05) is 24.3 Å². The summed E-state index contributed by atoms with van der Waals surface area (Å²) in [7, 11) is 0. The monoisotopic (exact) mass is 388 g/mol. The molecule has 1 aromatic heterocycles. The lowest BCUT2D eigenvalue weighted by Crippen LogP contribution is -2.33. The van der Waals surface area contributed by atoms with E-state index >= 15 is 0 Å². The number of benzene rings is 1. The summed E-state index contributed by atoms with van der Waals surface area (Å²) in [5.41, 5.74) is 2.59. The number of hydrogen-bond donors (Lipinski definition) is 2. The molecule has 0 radical (unpaired) electrons. The SMILES string of the molecule is CC(=O)NC(CC(=O)OC(C)C(=O)Nc1c(C)cccc1C)c1cccs1. The maximum Gasteiger partial charge on any atom is 0.309 e. The van der Waals surface area contributed by atoms with Crippen molar-refractivity contribution < 1.29 is 19.1 Å². The third kappa shape index (κ3) is 5.92. The van der Waals surface area contributed by atoms with Gasteiger partial charge in [-0.2, -0.15) is 0 Å². The molecule has 2 amide bonds. The number of aryl methyl sites for hydroxylation is 2. The van der Waals surface area contributed by atoms with E-state index in [9.17, 15) is 14.4 Å². The minimum absolute atomic E-state index is 0.0406. The molecule has 0 aliphatic carbocycles. The number of hydrogen-bond acceptors (Lipinski definition) is 5. The number of carbonyl (C=O) groups is 3. The molecule has 0 saturated heterocycles. The van der Waals surface area contributed by atoms with Crippen molar-refractivity contribution in [3.8, 4) is 0 Å². The minimum atomic E-state index is -0.946. The fourth-order valence-corrected chi connectivity index (χ4v) is 3.44. The number of amides is 2. The van der Waals surface area contributed by atoms with Gasteiger partial charge in [-0.25, -0.2) is 0 Å². The molecular weight excluding hydrogens is 364 g/mol. The number of rotatable bonds is 7. The first kappa shape index (κ1) is 20.6. The average molecular weight is 388 g/mol. The maximum atomic E-state index is 12.4. The Bertz CT molecular complexity index is 797. The van der Waals surface area contributed by atoms with Crippen LogP contribution in [0.15, 0.2) is 35.7 Å². The van der Waals surface area contributed by atoms with Gasteiger partial charge in [-0.3, -0.25) is 14.4 Å². The Labute approximate surface area is 162 Å². The second kappa shape index (κ2) is 9.32. The molecule has 0 aliphatic rings. The van der Waals surface area contributed by atoms with Crippen LogP contribution in [0.1, 0.15) is 42.3 Å². The topological polar surface area (TPSA) is 84.5 Å². The number of ether oxygens (including phenoxy) is 1. The van der Waals surface area contributed by atoms with E-state index in [1.165, 1.54) is 25.2 Å². The van der Waals surface area contributed by atoms with Crippen LogP contribution in [-0.4, -0.2) is 23.9 Å². The van der Waals surface area contributed by atoms with Crippen molar-refractivity contribution in [3.05, 3.63) is 51.7 Å². The normalized spacial score (nSPS) is 12.7. The first-order chi connectivity index (χ1) is 12.8. The zero-order valence-electron chi connectivity index (χ0n) is 15.9. The van der Waals surface area contributed by atoms with Crippen LogP contribution < -0.4 is 10.6 Å². The Kier molecular flexibility index (Phi) is 7.12. The average Bonchev–Trinajstić information content (AvgIpc) is 3.11. The van der Waals surface area contributed by atoms with Gasteiger partial charge in [0.15, 0.2) is 6.10 Å². The van der Waals surface area contributed by atoms with Crippen molar-refractivity contribution in [2.75, 3.05) is 5.32 Å². The smallest absolute Gasteiger partial charge is 0.309 e. The molecule has 2 rings (SSSR count).